The predicted octanol–water partition coefficient (Wildman–Crippen LogP) is -0.587. The van der Waals surface area contributed by atoms with E-state index in [-0.39, 0.29) is 18.2 Å². The van der Waals surface area contributed by atoms with Gasteiger partial charge in [-0.3, -0.25) is 0 Å². The Morgan fingerprint density at radius 3 is 2.86 bits per heavy atom. The molecule has 0 aromatic rings. The van der Waals surface area contributed by atoms with Crippen molar-refractivity contribution in [2.45, 2.75) is 24.6 Å². The second-order valence-electron chi connectivity index (χ2n) is 3.47. The van der Waals surface area contributed by atoms with Crippen molar-refractivity contribution in [1.82, 2.24) is 0 Å². The highest BCUT2D eigenvalue weighted by molar-refractivity contribution is 6.11. The van der Waals surface area contributed by atoms with E-state index in [0.29, 0.717) is 13.2 Å². The van der Waals surface area contributed by atoms with Crippen molar-refractivity contribution in [2.75, 3.05) is 34.0 Å². The third-order valence-corrected chi connectivity index (χ3v) is 2.51. The smallest absolute Gasteiger partial charge is 0.142 e. The second kappa shape index (κ2) is 6.40. The Morgan fingerprint density at radius 1 is 1.43 bits per heavy atom. The van der Waals surface area contributed by atoms with Crippen LogP contribution in [0.4, 0.5) is 0 Å². The highest BCUT2D eigenvalue weighted by Gasteiger charge is 2.32. The summed E-state index contributed by atoms with van der Waals surface area (Å²) in [6.45, 7) is 1.99. The van der Waals surface area contributed by atoms with Crippen LogP contribution >= 0.6 is 0 Å². The normalized spacial score (nSPS) is 29.3. The molecule has 0 saturated carbocycles. The van der Waals surface area contributed by atoms with E-state index in [4.69, 9.17) is 18.9 Å². The molecule has 0 bridgehead atoms. The van der Waals surface area contributed by atoms with Gasteiger partial charge in [-0.1, -0.05) is 0 Å². The van der Waals surface area contributed by atoms with Gasteiger partial charge in [0.05, 0.1) is 25.3 Å². The van der Waals surface area contributed by atoms with E-state index in [0.717, 1.165) is 13.0 Å². The average molecular weight is 202 g/mol. The van der Waals surface area contributed by atoms with Crippen LogP contribution in [0.1, 0.15) is 6.42 Å². The van der Waals surface area contributed by atoms with E-state index in [2.05, 4.69) is 0 Å². The minimum absolute atomic E-state index is 0.0665. The summed E-state index contributed by atoms with van der Waals surface area (Å²) < 4.78 is 21.4. The molecular weight excluding hydrogens is 183 g/mol. The topological polar surface area (TPSA) is 36.9 Å². The zero-order valence-electron chi connectivity index (χ0n) is 9.19. The monoisotopic (exact) mass is 202 g/mol. The molecule has 0 N–H and O–H groups in total. The minimum atomic E-state index is 0.0665. The van der Waals surface area contributed by atoms with Gasteiger partial charge < -0.3 is 18.9 Å². The molecule has 0 aromatic heterocycles. The number of rotatable bonds is 6. The van der Waals surface area contributed by atoms with Crippen molar-refractivity contribution in [3.63, 3.8) is 0 Å². The van der Waals surface area contributed by atoms with E-state index in [9.17, 15) is 0 Å². The summed E-state index contributed by atoms with van der Waals surface area (Å²) in [7, 11) is 5.39. The summed E-state index contributed by atoms with van der Waals surface area (Å²) in [6.07, 6.45) is 1.20. The minimum Gasteiger partial charge on any atom is -0.382 e. The summed E-state index contributed by atoms with van der Waals surface area (Å²) in [4.78, 5) is 0. The van der Waals surface area contributed by atoms with Crippen LogP contribution in [0.3, 0.4) is 0 Å². The average Bonchev–Trinajstić information content (AvgIpc) is 2.65. The van der Waals surface area contributed by atoms with Gasteiger partial charge in [-0.05, 0) is 6.42 Å². The molecule has 4 nitrogen and oxygen atoms in total. The Bertz CT molecular complexity index is 156. The van der Waals surface area contributed by atoms with E-state index in [1.54, 1.807) is 14.2 Å². The fraction of sp³-hybridized carbons (Fsp3) is 1.00. The van der Waals surface area contributed by atoms with Crippen LogP contribution in [-0.4, -0.2) is 60.1 Å². The molecule has 0 aromatic carbocycles. The molecule has 82 valence electrons. The molecule has 1 saturated heterocycles. The quantitative estimate of drug-likeness (QED) is 0.426. The van der Waals surface area contributed by atoms with Crippen LogP contribution in [0, 0.1) is 0 Å². The fourth-order valence-corrected chi connectivity index (χ4v) is 1.69. The number of methoxy groups -OCH3 is 2. The molecule has 14 heavy (non-hydrogen) atoms. The van der Waals surface area contributed by atoms with Gasteiger partial charge in [0.1, 0.15) is 14.0 Å². The lowest BCUT2D eigenvalue weighted by Crippen LogP contribution is -2.38. The Kier molecular flexibility index (Phi) is 5.48. The van der Waals surface area contributed by atoms with Gasteiger partial charge >= 0.3 is 0 Å². The molecule has 0 radical (unpaired) electrons. The van der Waals surface area contributed by atoms with Crippen molar-refractivity contribution < 1.29 is 18.9 Å². The van der Waals surface area contributed by atoms with Gasteiger partial charge in [0.2, 0.25) is 0 Å². The standard InChI is InChI=1S/C9H19BO4/c1-11-5-6-14-9(10)8-7(12-2)3-4-13-8/h7-9H,3-6,10H2,1-2H3/t7?,8?,9-/m1/s1. The van der Waals surface area contributed by atoms with Crippen molar-refractivity contribution in [1.29, 1.82) is 0 Å². The van der Waals surface area contributed by atoms with Crippen molar-refractivity contribution in [3.05, 3.63) is 0 Å². The molecule has 2 unspecified atom stereocenters. The first-order chi connectivity index (χ1) is 6.79. The number of ether oxygens (including phenoxy) is 4. The first kappa shape index (κ1) is 12.0. The fourth-order valence-electron chi connectivity index (χ4n) is 1.69. The molecule has 5 heteroatoms. The molecule has 1 fully saturated rings. The lowest BCUT2D eigenvalue weighted by Gasteiger charge is -2.24. The van der Waals surface area contributed by atoms with Crippen LogP contribution in [-0.2, 0) is 18.9 Å². The molecular formula is C9H19BO4. The van der Waals surface area contributed by atoms with Crippen molar-refractivity contribution >= 4 is 7.85 Å². The Morgan fingerprint density at radius 2 is 2.21 bits per heavy atom. The largest absolute Gasteiger partial charge is 0.382 e. The predicted molar refractivity (Wildman–Crippen MR) is 55.3 cm³/mol. The maximum atomic E-state index is 5.57. The molecule has 0 amide bonds. The molecule has 3 atom stereocenters. The molecule has 0 aliphatic carbocycles. The van der Waals surface area contributed by atoms with Gasteiger partial charge in [-0.2, -0.15) is 0 Å². The highest BCUT2D eigenvalue weighted by atomic mass is 16.6. The maximum Gasteiger partial charge on any atom is 0.142 e. The summed E-state index contributed by atoms with van der Waals surface area (Å²) in [6, 6.07) is 0.0672. The maximum absolute atomic E-state index is 5.57. The summed E-state index contributed by atoms with van der Waals surface area (Å²) >= 11 is 0. The molecule has 1 heterocycles. The molecule has 1 aliphatic rings. The number of hydrogen-bond acceptors (Lipinski definition) is 4. The third kappa shape index (κ3) is 3.24. The van der Waals surface area contributed by atoms with Gasteiger partial charge in [-0.25, -0.2) is 0 Å². The van der Waals surface area contributed by atoms with Crippen molar-refractivity contribution in [3.8, 4) is 0 Å². The van der Waals surface area contributed by atoms with Crippen molar-refractivity contribution in [2.24, 2.45) is 0 Å². The van der Waals surface area contributed by atoms with E-state index in [1.807, 2.05) is 7.85 Å². The number of hydrogen-bond donors (Lipinski definition) is 0. The van der Waals surface area contributed by atoms with E-state index >= 15 is 0 Å². The Labute approximate surface area is 86.3 Å². The van der Waals surface area contributed by atoms with Crippen LogP contribution in [0.15, 0.2) is 0 Å². The lowest BCUT2D eigenvalue weighted by molar-refractivity contribution is -0.0629. The van der Waals surface area contributed by atoms with Crippen LogP contribution in [0.5, 0.6) is 0 Å². The Hall–Kier alpha value is -0.0951. The Balaban J connectivity index is 2.24. The van der Waals surface area contributed by atoms with Crippen LogP contribution in [0.2, 0.25) is 0 Å². The van der Waals surface area contributed by atoms with E-state index < -0.39 is 0 Å². The zero-order valence-corrected chi connectivity index (χ0v) is 9.19. The molecule has 0 spiro atoms. The zero-order chi connectivity index (χ0) is 10.4. The van der Waals surface area contributed by atoms with Gasteiger partial charge in [0.25, 0.3) is 0 Å². The summed E-state index contributed by atoms with van der Waals surface area (Å²) in [5.41, 5.74) is 0. The molecule has 1 aliphatic heterocycles. The first-order valence-electron chi connectivity index (χ1n) is 5.04. The first-order valence-corrected chi connectivity index (χ1v) is 5.04. The third-order valence-electron chi connectivity index (χ3n) is 2.51. The van der Waals surface area contributed by atoms with Gasteiger partial charge in [-0.15, -0.1) is 0 Å². The second-order valence-corrected chi connectivity index (χ2v) is 3.47. The van der Waals surface area contributed by atoms with Crippen LogP contribution in [0.25, 0.3) is 0 Å². The van der Waals surface area contributed by atoms with E-state index in [1.165, 1.54) is 0 Å². The summed E-state index contributed by atoms with van der Waals surface area (Å²) in [5.74, 6) is 0. The highest BCUT2D eigenvalue weighted by Crippen LogP contribution is 2.19. The summed E-state index contributed by atoms with van der Waals surface area (Å²) in [5, 5.41) is 0. The lowest BCUT2D eigenvalue weighted by atomic mass is 9.91. The van der Waals surface area contributed by atoms with Gasteiger partial charge in [0, 0.05) is 20.8 Å². The van der Waals surface area contributed by atoms with Crippen LogP contribution < -0.4 is 0 Å². The molecule has 1 rings (SSSR count). The van der Waals surface area contributed by atoms with Gasteiger partial charge in [0.15, 0.2) is 0 Å². The SMILES string of the molecule is B[C@H](OCCOC)C1OCCC1OC.